The Kier molecular flexibility index (Phi) is 29.1. The van der Waals surface area contributed by atoms with Crippen LogP contribution in [0.1, 0.15) is 66.8 Å². The second kappa shape index (κ2) is 40.0. The lowest BCUT2D eigenvalue weighted by Gasteiger charge is -2.36. The minimum Gasteiger partial charge on any atom is -0.480 e. The van der Waals surface area contributed by atoms with Crippen LogP contribution in [-0.2, 0) is 42.9 Å². The van der Waals surface area contributed by atoms with E-state index in [0.29, 0.717) is 49.2 Å². The highest BCUT2D eigenvalue weighted by Gasteiger charge is 2.41. The van der Waals surface area contributed by atoms with Gasteiger partial charge in [-0.2, -0.15) is 0 Å². The van der Waals surface area contributed by atoms with Crippen LogP contribution in [0, 0.1) is 0 Å². The fourth-order valence-corrected chi connectivity index (χ4v) is 19.9. The van der Waals surface area contributed by atoms with Gasteiger partial charge in [0.1, 0.15) is 0 Å². The molecule has 0 radical (unpaired) electrons. The number of esters is 1. The second-order valence-corrected chi connectivity index (χ2v) is 30.8. The zero-order chi connectivity index (χ0) is 74.3. The van der Waals surface area contributed by atoms with Crippen molar-refractivity contribution in [3.63, 3.8) is 0 Å². The number of rotatable bonds is 36. The molecule has 0 fully saturated rings. The lowest BCUT2D eigenvalue weighted by Crippen LogP contribution is -2.42. The van der Waals surface area contributed by atoms with Crippen LogP contribution in [0.2, 0.25) is 0 Å². The second-order valence-electron chi connectivity index (χ2n) is 25.6. The molecule has 12 rings (SSSR count). The van der Waals surface area contributed by atoms with E-state index >= 15 is 0 Å². The molecule has 0 aliphatic carbocycles. The lowest BCUT2D eigenvalue weighted by atomic mass is 9.84. The maximum atomic E-state index is 13.6. The molecule has 0 saturated heterocycles. The van der Waals surface area contributed by atoms with E-state index in [4.69, 9.17) is 4.74 Å². The summed E-state index contributed by atoms with van der Waals surface area (Å²) in [5, 5.41) is 16.1. The van der Waals surface area contributed by atoms with Crippen LogP contribution in [0.4, 0.5) is 0 Å². The molecule has 0 spiro atoms. The van der Waals surface area contributed by atoms with Crippen LogP contribution in [0.3, 0.4) is 0 Å². The summed E-state index contributed by atoms with van der Waals surface area (Å²) in [6.07, 6.45) is 0. The van der Waals surface area contributed by atoms with E-state index in [0.717, 1.165) is 33.4 Å². The highest BCUT2D eigenvalue weighted by molar-refractivity contribution is 8.01. The van der Waals surface area contributed by atoms with Crippen molar-refractivity contribution in [3.8, 4) is 0 Å². The van der Waals surface area contributed by atoms with Gasteiger partial charge in [0.15, 0.2) is 0 Å². The van der Waals surface area contributed by atoms with E-state index in [2.05, 4.69) is 302 Å². The average molecular weight is 1490 g/mol. The summed E-state index contributed by atoms with van der Waals surface area (Å²) < 4.78 is 3.08. The van der Waals surface area contributed by atoms with Crippen molar-refractivity contribution in [1.29, 1.82) is 0 Å². The number of nitrogens with zero attached hydrogens (tertiary/aromatic N) is 2. The van der Waals surface area contributed by atoms with Gasteiger partial charge in [-0.3, -0.25) is 29.0 Å². The number of amides is 2. The van der Waals surface area contributed by atoms with Gasteiger partial charge in [0.25, 0.3) is 0 Å². The smallest absolute Gasteiger partial charge is 0.319 e. The van der Waals surface area contributed by atoms with E-state index in [1.807, 2.05) is 101 Å². The van der Waals surface area contributed by atoms with Gasteiger partial charge in [0.05, 0.1) is 52.3 Å². The molecule has 542 valence electrons. The molecule has 107 heavy (non-hydrogen) atoms. The zero-order valence-electron chi connectivity index (χ0n) is 60.1. The molecule has 0 atom stereocenters. The lowest BCUT2D eigenvalue weighted by molar-refractivity contribution is -0.142. The molecule has 12 aromatic rings. The van der Waals surface area contributed by atoms with Crippen molar-refractivity contribution in [2.75, 3.05) is 82.5 Å². The molecule has 3 N–H and O–H groups in total. The SMILES string of the molecule is COC(=O)CN(CCSC(c1ccccc1)(c1ccccc1)c1ccccc1)CC(=O)NCCSC(c1ccccc1)(c1ccccc1)c1ccccc1.O=C(O)CN(CCSC(c1ccccc1)(c1ccccc1)c1ccccc1)CC(=O)NCCSC(c1ccccc1)(c1ccccc1)c1ccccc1. The topological polar surface area (TPSA) is 128 Å². The number of methoxy groups -OCH3 is 1. The Bertz CT molecular complexity index is 4230. The van der Waals surface area contributed by atoms with Crippen molar-refractivity contribution in [3.05, 3.63) is 431 Å². The largest absolute Gasteiger partial charge is 0.480 e. The molecule has 10 nitrogen and oxygen atoms in total. The summed E-state index contributed by atoms with van der Waals surface area (Å²) in [6, 6.07) is 126. The average Bonchev–Trinajstić information content (AvgIpc) is 0.782. The number of carboxylic acid groups (broad SMARTS) is 1. The van der Waals surface area contributed by atoms with Crippen molar-refractivity contribution in [2.45, 2.75) is 19.0 Å². The number of carbonyl (C=O) groups is 4. The molecule has 0 aromatic heterocycles. The van der Waals surface area contributed by atoms with E-state index in [9.17, 15) is 24.3 Å². The highest BCUT2D eigenvalue weighted by atomic mass is 32.2. The molecule has 0 unspecified atom stereocenters. The summed E-state index contributed by atoms with van der Waals surface area (Å²) in [7, 11) is 1.39. The van der Waals surface area contributed by atoms with Crippen LogP contribution in [-0.4, -0.2) is 121 Å². The summed E-state index contributed by atoms with van der Waals surface area (Å²) in [6.45, 7) is 1.71. The fourth-order valence-electron chi connectivity index (χ4n) is 13.9. The third-order valence-electron chi connectivity index (χ3n) is 18.8. The molecule has 0 bridgehead atoms. The van der Waals surface area contributed by atoms with Crippen molar-refractivity contribution < 1.29 is 29.0 Å². The van der Waals surface area contributed by atoms with Crippen LogP contribution in [0.25, 0.3) is 0 Å². The Hall–Kier alpha value is -10.2. The van der Waals surface area contributed by atoms with Crippen LogP contribution < -0.4 is 10.6 Å². The number of ether oxygens (including phenoxy) is 1. The first-order valence-electron chi connectivity index (χ1n) is 36.1. The summed E-state index contributed by atoms with van der Waals surface area (Å²) in [5.41, 5.74) is 13.9. The van der Waals surface area contributed by atoms with E-state index in [1.165, 1.54) is 40.5 Å². The molecule has 0 aliphatic rings. The first-order chi connectivity index (χ1) is 52.6. The van der Waals surface area contributed by atoms with E-state index in [-0.39, 0.29) is 44.0 Å². The summed E-state index contributed by atoms with van der Waals surface area (Å²) in [4.78, 5) is 55.2. The number of benzene rings is 12. The Morgan fingerprint density at radius 3 is 0.636 bits per heavy atom. The van der Waals surface area contributed by atoms with E-state index < -0.39 is 25.0 Å². The Morgan fingerprint density at radius 2 is 0.458 bits per heavy atom. The minimum absolute atomic E-state index is 0.00621. The molecule has 14 heteroatoms. The molecule has 2 amide bonds. The zero-order valence-corrected chi connectivity index (χ0v) is 63.4. The first-order valence-corrected chi connectivity index (χ1v) is 40.0. The quantitative estimate of drug-likeness (QED) is 0.0196. The summed E-state index contributed by atoms with van der Waals surface area (Å²) in [5.74, 6) is 0.920. The number of thioether (sulfide) groups is 4. The van der Waals surface area contributed by atoms with Gasteiger partial charge in [0.2, 0.25) is 11.8 Å². The monoisotopic (exact) mass is 1490 g/mol. The summed E-state index contributed by atoms with van der Waals surface area (Å²) >= 11 is 7.16. The standard InChI is InChI=1S/C47H46N2O3S2.C46H44N2O3S2/c1-52-45(51)37-49(33-35-54-47(41-26-14-5-15-27-41,42-28-16-6-17-29-42)43-30-18-7-19-31-43)36-44(50)48-32-34-53-46(38-20-8-2-9-21-38,39-22-10-3-11-23-39)40-24-12-4-13-25-40;49-43(47-31-33-52-45(37-19-7-1-8-20-37,38-21-9-2-10-22-38)39-23-11-3-12-24-39)35-48(36-44(50)51)32-34-53-46(40-25-13-4-14-26-40,41-27-15-5-16-28-41)42-29-17-6-18-30-42/h2-31H,32-37H2,1H3,(H,48,50);1-30H,31-36H2,(H,47,49)(H,50,51). The molecule has 0 aliphatic heterocycles. The maximum absolute atomic E-state index is 13.6. The van der Waals surface area contributed by atoms with Crippen LogP contribution in [0.5, 0.6) is 0 Å². The maximum Gasteiger partial charge on any atom is 0.319 e. The number of hydrogen-bond donors (Lipinski definition) is 3. The van der Waals surface area contributed by atoms with Crippen molar-refractivity contribution in [1.82, 2.24) is 20.4 Å². The van der Waals surface area contributed by atoms with Crippen LogP contribution >= 0.6 is 47.0 Å². The number of carboxylic acids is 1. The van der Waals surface area contributed by atoms with Gasteiger partial charge >= 0.3 is 11.9 Å². The van der Waals surface area contributed by atoms with Crippen molar-refractivity contribution >= 4 is 70.8 Å². The predicted octanol–water partition coefficient (Wildman–Crippen LogP) is 18.0. The third kappa shape index (κ3) is 19.9. The minimum atomic E-state index is -0.961. The van der Waals surface area contributed by atoms with Gasteiger partial charge in [-0.1, -0.05) is 364 Å². The fraction of sp³-hybridized carbons (Fsp3) is 0.183. The number of carbonyl (C=O) groups excluding carboxylic acids is 3. The van der Waals surface area contributed by atoms with Gasteiger partial charge in [-0.05, 0) is 66.8 Å². The third-order valence-corrected chi connectivity index (χ3v) is 24.9. The molecular formula is C93H90N4O6S4. The molecule has 0 saturated carbocycles. The normalized spacial score (nSPS) is 11.6. The molecule has 12 aromatic carbocycles. The predicted molar refractivity (Wildman–Crippen MR) is 445 cm³/mol. The number of aliphatic carboxylic acids is 1. The van der Waals surface area contributed by atoms with Crippen LogP contribution in [0.15, 0.2) is 364 Å². The number of hydrogen-bond acceptors (Lipinski definition) is 11. The Labute approximate surface area is 647 Å². The number of nitrogens with one attached hydrogen (secondary N) is 2. The Morgan fingerprint density at radius 1 is 0.280 bits per heavy atom. The highest BCUT2D eigenvalue weighted by Crippen LogP contribution is 2.52. The van der Waals surface area contributed by atoms with Gasteiger partial charge in [-0.15, -0.1) is 47.0 Å². The van der Waals surface area contributed by atoms with Gasteiger partial charge in [-0.25, -0.2) is 0 Å². The van der Waals surface area contributed by atoms with Crippen molar-refractivity contribution in [2.24, 2.45) is 0 Å². The molecular weight excluding hydrogens is 1400 g/mol. The first kappa shape index (κ1) is 77.9. The van der Waals surface area contributed by atoms with E-state index in [1.54, 1.807) is 28.4 Å². The molecule has 0 heterocycles. The Balaban J connectivity index is 0.000000213. The van der Waals surface area contributed by atoms with Gasteiger partial charge < -0.3 is 20.5 Å². The van der Waals surface area contributed by atoms with Gasteiger partial charge in [0, 0.05) is 49.2 Å².